The Morgan fingerprint density at radius 3 is 2.34 bits per heavy atom. The van der Waals surface area contributed by atoms with Gasteiger partial charge in [0.05, 0.1) is 6.61 Å². The van der Waals surface area contributed by atoms with Crippen LogP contribution in [0.25, 0.3) is 0 Å². The Labute approximate surface area is 229 Å². The number of aliphatic hydroxyl groups is 1. The number of terminal acetylenes is 1. The third-order valence-electron chi connectivity index (χ3n) is 5.58. The van der Waals surface area contributed by atoms with E-state index in [1.165, 1.54) is 16.7 Å². The lowest BCUT2D eigenvalue weighted by Gasteiger charge is -2.34. The Kier molecular flexibility index (Phi) is 11.7. The molecular weight excluding hydrogens is 502 g/mol. The number of benzene rings is 2. The number of anilines is 1. The van der Waals surface area contributed by atoms with Crippen LogP contribution in [0, 0.1) is 19.3 Å². The number of ether oxygens (including phenoxy) is 1. The molecule has 9 heteroatoms. The lowest BCUT2D eigenvalue weighted by Crippen LogP contribution is -2.53. The molecule has 0 aromatic heterocycles. The van der Waals surface area contributed by atoms with Gasteiger partial charge in [0.25, 0.3) is 5.91 Å². The number of carbonyl (C=O) groups excluding carboxylic acids is 3. The van der Waals surface area contributed by atoms with Crippen molar-refractivity contribution < 1.29 is 24.2 Å². The van der Waals surface area contributed by atoms with Crippen LogP contribution >= 0.6 is 11.8 Å². The largest absolute Gasteiger partial charge is 0.444 e. The summed E-state index contributed by atoms with van der Waals surface area (Å²) in [5.41, 5.74) is 1.84. The predicted molar refractivity (Wildman–Crippen MR) is 152 cm³/mol. The summed E-state index contributed by atoms with van der Waals surface area (Å²) in [6.45, 7) is 6.54. The number of carbonyl (C=O) groups is 3. The van der Waals surface area contributed by atoms with Gasteiger partial charge in [0, 0.05) is 17.8 Å². The van der Waals surface area contributed by atoms with Gasteiger partial charge in [0.2, 0.25) is 5.91 Å². The van der Waals surface area contributed by atoms with Crippen molar-refractivity contribution in [1.29, 1.82) is 0 Å². The summed E-state index contributed by atoms with van der Waals surface area (Å²) in [7, 11) is 0. The molecule has 2 aromatic rings. The van der Waals surface area contributed by atoms with Gasteiger partial charge in [0.1, 0.15) is 17.7 Å². The number of alkyl carbamates (subject to hydrolysis) is 1. The molecule has 0 spiro atoms. The van der Waals surface area contributed by atoms with Gasteiger partial charge in [-0.15, -0.1) is 6.42 Å². The van der Waals surface area contributed by atoms with E-state index >= 15 is 0 Å². The smallest absolute Gasteiger partial charge is 0.408 e. The van der Waals surface area contributed by atoms with Crippen molar-refractivity contribution in [3.05, 3.63) is 65.2 Å². The van der Waals surface area contributed by atoms with Crippen molar-refractivity contribution >= 4 is 35.4 Å². The highest BCUT2D eigenvalue weighted by Gasteiger charge is 2.36. The van der Waals surface area contributed by atoms with Gasteiger partial charge in [-0.2, -0.15) is 11.8 Å². The summed E-state index contributed by atoms with van der Waals surface area (Å²) in [4.78, 5) is 41.5. The minimum absolute atomic E-state index is 0.132. The summed E-state index contributed by atoms with van der Waals surface area (Å²) < 4.78 is 5.37. The molecule has 3 N–H and O–H groups in total. The average Bonchev–Trinajstić information content (AvgIpc) is 2.86. The fourth-order valence-corrected chi connectivity index (χ4v) is 4.24. The molecule has 0 bridgehead atoms. The number of aliphatic hydroxyl groups excluding tert-OH is 1. The van der Waals surface area contributed by atoms with E-state index in [-0.39, 0.29) is 13.2 Å². The van der Waals surface area contributed by atoms with E-state index in [1.807, 2.05) is 25.3 Å². The maximum absolute atomic E-state index is 13.9. The molecule has 204 valence electrons. The first-order chi connectivity index (χ1) is 18.0. The second-order valence-corrected chi connectivity index (χ2v) is 10.7. The van der Waals surface area contributed by atoms with E-state index in [1.54, 1.807) is 57.2 Å². The highest BCUT2D eigenvalue weighted by Crippen LogP contribution is 2.26. The summed E-state index contributed by atoms with van der Waals surface area (Å²) in [6.07, 6.45) is 6.97. The van der Waals surface area contributed by atoms with E-state index < -0.39 is 35.6 Å². The molecule has 0 fully saturated rings. The fraction of sp³-hybridized carbons (Fsp3) is 0.414. The second kappa shape index (κ2) is 14.5. The number of hydrogen-bond acceptors (Lipinski definition) is 6. The molecular formula is C29H37N3O5S. The molecule has 38 heavy (non-hydrogen) atoms. The Balaban J connectivity index is 2.50. The Bertz CT molecular complexity index is 1140. The highest BCUT2D eigenvalue weighted by molar-refractivity contribution is 7.98. The Hall–Kier alpha value is -3.48. The van der Waals surface area contributed by atoms with Crippen molar-refractivity contribution in [3.63, 3.8) is 0 Å². The molecule has 0 heterocycles. The van der Waals surface area contributed by atoms with Crippen LogP contribution in [-0.4, -0.2) is 64.7 Å². The predicted octanol–water partition coefficient (Wildman–Crippen LogP) is 4.12. The van der Waals surface area contributed by atoms with E-state index in [0.717, 1.165) is 5.56 Å². The van der Waals surface area contributed by atoms with E-state index in [2.05, 4.69) is 16.6 Å². The zero-order valence-corrected chi connectivity index (χ0v) is 23.4. The molecule has 2 unspecified atom stereocenters. The topological polar surface area (TPSA) is 108 Å². The van der Waals surface area contributed by atoms with Crippen LogP contribution < -0.4 is 10.6 Å². The molecule has 0 radical (unpaired) electrons. The van der Waals surface area contributed by atoms with Gasteiger partial charge in [-0.05, 0) is 75.5 Å². The molecule has 2 atom stereocenters. The normalized spacial score (nSPS) is 12.6. The van der Waals surface area contributed by atoms with Crippen LogP contribution in [0.1, 0.15) is 49.9 Å². The number of hydrogen-bond donors (Lipinski definition) is 3. The number of para-hydroxylation sites is 1. The SMILES string of the molecule is C#Cc1ccc(C(C(=O)Nc2ccccc2C)N(CCO)C(=O)C(CCSC)NC(=O)OC(C)(C)C)cc1. The van der Waals surface area contributed by atoms with Crippen molar-refractivity contribution in [2.24, 2.45) is 0 Å². The first-order valence-electron chi connectivity index (χ1n) is 12.3. The zero-order valence-electron chi connectivity index (χ0n) is 22.6. The van der Waals surface area contributed by atoms with E-state index in [9.17, 15) is 19.5 Å². The van der Waals surface area contributed by atoms with Gasteiger partial charge in [-0.25, -0.2) is 4.79 Å². The quantitative estimate of drug-likeness (QED) is 0.371. The number of rotatable bonds is 11. The standard InChI is InChI=1S/C29H37N3O5S/c1-7-21-12-14-22(15-13-21)25(26(34)30-23-11-9-8-10-20(23)2)32(17-18-33)27(35)24(16-19-38-6)31-28(36)37-29(3,4)5/h1,8-15,24-25,33H,16-19H2,2-6H3,(H,30,34)(H,31,36). The molecule has 0 aliphatic rings. The number of aryl methyl sites for hydroxylation is 1. The van der Waals surface area contributed by atoms with Gasteiger partial charge in [-0.3, -0.25) is 9.59 Å². The zero-order chi connectivity index (χ0) is 28.3. The first-order valence-corrected chi connectivity index (χ1v) is 13.7. The monoisotopic (exact) mass is 539 g/mol. The lowest BCUT2D eigenvalue weighted by atomic mass is 10.0. The van der Waals surface area contributed by atoms with Crippen LogP contribution in [0.4, 0.5) is 10.5 Å². The van der Waals surface area contributed by atoms with Crippen LogP contribution in [0.15, 0.2) is 48.5 Å². The number of thioether (sulfide) groups is 1. The minimum Gasteiger partial charge on any atom is -0.444 e. The minimum atomic E-state index is -1.10. The van der Waals surface area contributed by atoms with Gasteiger partial charge in [-0.1, -0.05) is 36.3 Å². The number of nitrogens with zero attached hydrogens (tertiary/aromatic N) is 1. The Morgan fingerprint density at radius 1 is 1.13 bits per heavy atom. The summed E-state index contributed by atoms with van der Waals surface area (Å²) in [6, 6.07) is 12.0. The van der Waals surface area contributed by atoms with Crippen LogP contribution in [-0.2, 0) is 14.3 Å². The Morgan fingerprint density at radius 2 is 1.79 bits per heavy atom. The van der Waals surface area contributed by atoms with Gasteiger partial charge >= 0.3 is 6.09 Å². The first kappa shape index (κ1) is 30.7. The van der Waals surface area contributed by atoms with Crippen LogP contribution in [0.5, 0.6) is 0 Å². The molecule has 3 amide bonds. The van der Waals surface area contributed by atoms with Gasteiger partial charge < -0.3 is 25.4 Å². The summed E-state index contributed by atoms with van der Waals surface area (Å²) in [5, 5.41) is 15.5. The van der Waals surface area contributed by atoms with E-state index in [0.29, 0.717) is 29.0 Å². The fourth-order valence-electron chi connectivity index (χ4n) is 3.77. The molecule has 0 aliphatic heterocycles. The number of nitrogens with one attached hydrogen (secondary N) is 2. The number of amides is 3. The molecule has 8 nitrogen and oxygen atoms in total. The van der Waals surface area contributed by atoms with Crippen LogP contribution in [0.2, 0.25) is 0 Å². The van der Waals surface area contributed by atoms with Crippen molar-refractivity contribution in [3.8, 4) is 12.3 Å². The third-order valence-corrected chi connectivity index (χ3v) is 6.22. The summed E-state index contributed by atoms with van der Waals surface area (Å²) in [5.74, 6) is 2.15. The van der Waals surface area contributed by atoms with E-state index in [4.69, 9.17) is 11.2 Å². The van der Waals surface area contributed by atoms with Crippen molar-refractivity contribution in [2.45, 2.75) is 51.8 Å². The maximum atomic E-state index is 13.9. The highest BCUT2D eigenvalue weighted by atomic mass is 32.2. The van der Waals surface area contributed by atoms with Gasteiger partial charge in [0.15, 0.2) is 0 Å². The molecule has 2 rings (SSSR count). The molecule has 0 aliphatic carbocycles. The molecule has 2 aromatic carbocycles. The lowest BCUT2D eigenvalue weighted by molar-refractivity contribution is -0.141. The van der Waals surface area contributed by atoms with Crippen molar-refractivity contribution in [1.82, 2.24) is 10.2 Å². The molecule has 0 saturated carbocycles. The van der Waals surface area contributed by atoms with Crippen LogP contribution in [0.3, 0.4) is 0 Å². The molecule has 0 saturated heterocycles. The maximum Gasteiger partial charge on any atom is 0.408 e. The third kappa shape index (κ3) is 9.12. The second-order valence-electron chi connectivity index (χ2n) is 9.71. The van der Waals surface area contributed by atoms with Crippen molar-refractivity contribution in [2.75, 3.05) is 30.5 Å². The summed E-state index contributed by atoms with van der Waals surface area (Å²) >= 11 is 1.52. The average molecular weight is 540 g/mol.